The van der Waals surface area contributed by atoms with Gasteiger partial charge in [-0.15, -0.1) is 0 Å². The Bertz CT molecular complexity index is 952. The first kappa shape index (κ1) is 19.2. The summed E-state index contributed by atoms with van der Waals surface area (Å²) in [5, 5.41) is 2.80. The molecule has 0 spiro atoms. The van der Waals surface area contributed by atoms with Gasteiger partial charge in [0.05, 0.1) is 0 Å². The van der Waals surface area contributed by atoms with Gasteiger partial charge in [-0.3, -0.25) is 9.59 Å². The minimum absolute atomic E-state index is 0.0552. The first-order chi connectivity index (χ1) is 13.5. The summed E-state index contributed by atoms with van der Waals surface area (Å²) < 4.78 is 11.4. The number of ketones is 1. The van der Waals surface area contributed by atoms with E-state index in [1.165, 1.54) is 6.92 Å². The van der Waals surface area contributed by atoms with E-state index in [9.17, 15) is 9.59 Å². The number of benzene rings is 3. The predicted molar refractivity (Wildman–Crippen MR) is 108 cm³/mol. The quantitative estimate of drug-likeness (QED) is 0.584. The van der Waals surface area contributed by atoms with Crippen LogP contribution in [0.25, 0.3) is 0 Å². The highest BCUT2D eigenvalue weighted by Crippen LogP contribution is 2.23. The van der Waals surface area contributed by atoms with Crippen molar-refractivity contribution in [3.8, 4) is 17.2 Å². The monoisotopic (exact) mass is 375 g/mol. The molecule has 0 saturated heterocycles. The van der Waals surface area contributed by atoms with Gasteiger partial charge < -0.3 is 14.8 Å². The second-order valence-corrected chi connectivity index (χ2v) is 6.27. The molecular weight excluding hydrogens is 354 g/mol. The van der Waals surface area contributed by atoms with E-state index in [0.717, 1.165) is 5.75 Å². The zero-order chi connectivity index (χ0) is 19.9. The van der Waals surface area contributed by atoms with Crippen LogP contribution in [0.4, 0.5) is 5.69 Å². The molecule has 1 amide bonds. The molecule has 0 aliphatic rings. The summed E-state index contributed by atoms with van der Waals surface area (Å²) >= 11 is 0. The van der Waals surface area contributed by atoms with Crippen molar-refractivity contribution in [1.82, 2.24) is 0 Å². The van der Waals surface area contributed by atoms with Crippen LogP contribution in [0.3, 0.4) is 0 Å². The Balaban J connectivity index is 1.58. The van der Waals surface area contributed by atoms with Gasteiger partial charge in [-0.2, -0.15) is 0 Å². The molecule has 1 unspecified atom stereocenters. The number of rotatable bonds is 7. The molecule has 0 aliphatic carbocycles. The van der Waals surface area contributed by atoms with E-state index in [1.807, 2.05) is 30.3 Å². The molecule has 0 heterocycles. The molecule has 0 aromatic heterocycles. The molecular formula is C23H21NO4. The number of carbonyl (C=O) groups excluding carboxylic acids is 2. The lowest BCUT2D eigenvalue weighted by Gasteiger charge is -2.15. The van der Waals surface area contributed by atoms with Gasteiger partial charge in [-0.25, -0.2) is 0 Å². The summed E-state index contributed by atoms with van der Waals surface area (Å²) in [6, 6.07) is 23.3. The van der Waals surface area contributed by atoms with Gasteiger partial charge in [-0.1, -0.05) is 30.3 Å². The van der Waals surface area contributed by atoms with Gasteiger partial charge in [0.1, 0.15) is 17.2 Å². The molecule has 3 rings (SSSR count). The minimum Gasteiger partial charge on any atom is -0.481 e. The number of hydrogen-bond acceptors (Lipinski definition) is 4. The van der Waals surface area contributed by atoms with Crippen LogP contribution >= 0.6 is 0 Å². The molecule has 1 atom stereocenters. The number of anilines is 1. The maximum absolute atomic E-state index is 12.4. The van der Waals surface area contributed by atoms with Crippen LogP contribution in [0.1, 0.15) is 24.2 Å². The van der Waals surface area contributed by atoms with Crippen LogP contribution in [0, 0.1) is 0 Å². The normalized spacial score (nSPS) is 11.4. The molecule has 3 aromatic carbocycles. The van der Waals surface area contributed by atoms with Crippen LogP contribution in [0.5, 0.6) is 17.2 Å². The van der Waals surface area contributed by atoms with E-state index >= 15 is 0 Å². The Morgan fingerprint density at radius 1 is 0.821 bits per heavy atom. The maximum Gasteiger partial charge on any atom is 0.265 e. The first-order valence-corrected chi connectivity index (χ1v) is 8.93. The van der Waals surface area contributed by atoms with E-state index in [-0.39, 0.29) is 11.7 Å². The number of para-hydroxylation sites is 1. The van der Waals surface area contributed by atoms with Crippen LogP contribution in [0.15, 0.2) is 78.9 Å². The summed E-state index contributed by atoms with van der Waals surface area (Å²) in [6.45, 7) is 3.14. The molecule has 0 aliphatic heterocycles. The fraction of sp³-hybridized carbons (Fsp3) is 0.130. The topological polar surface area (TPSA) is 64.6 Å². The second kappa shape index (κ2) is 8.86. The van der Waals surface area contributed by atoms with Crippen LogP contribution in [-0.2, 0) is 4.79 Å². The van der Waals surface area contributed by atoms with Gasteiger partial charge in [-0.05, 0) is 62.4 Å². The molecule has 5 nitrogen and oxygen atoms in total. The third-order valence-electron chi connectivity index (χ3n) is 4.02. The maximum atomic E-state index is 12.4. The molecule has 0 fully saturated rings. The smallest absolute Gasteiger partial charge is 0.265 e. The molecule has 1 N–H and O–H groups in total. The van der Waals surface area contributed by atoms with Gasteiger partial charge in [0, 0.05) is 11.3 Å². The molecule has 0 saturated carbocycles. The number of amides is 1. The van der Waals surface area contributed by atoms with Gasteiger partial charge in [0.25, 0.3) is 5.91 Å². The fourth-order valence-corrected chi connectivity index (χ4v) is 2.52. The average Bonchev–Trinajstić information content (AvgIpc) is 2.70. The van der Waals surface area contributed by atoms with Crippen LogP contribution in [0.2, 0.25) is 0 Å². The van der Waals surface area contributed by atoms with E-state index in [4.69, 9.17) is 9.47 Å². The van der Waals surface area contributed by atoms with Crippen molar-refractivity contribution in [3.05, 3.63) is 84.4 Å². The van der Waals surface area contributed by atoms with Crippen molar-refractivity contribution in [2.75, 3.05) is 5.32 Å². The van der Waals surface area contributed by atoms with Gasteiger partial charge >= 0.3 is 0 Å². The molecule has 0 bridgehead atoms. The highest BCUT2D eigenvalue weighted by Gasteiger charge is 2.15. The lowest BCUT2D eigenvalue weighted by molar-refractivity contribution is -0.122. The molecule has 5 heteroatoms. The summed E-state index contributed by atoms with van der Waals surface area (Å²) in [4.78, 5) is 23.8. The predicted octanol–water partition coefficient (Wildman–Crippen LogP) is 5.09. The number of ether oxygens (including phenoxy) is 2. The fourth-order valence-electron chi connectivity index (χ4n) is 2.52. The molecule has 3 aromatic rings. The molecule has 0 radical (unpaired) electrons. The Labute approximate surface area is 163 Å². The van der Waals surface area contributed by atoms with Crippen molar-refractivity contribution < 1.29 is 19.1 Å². The first-order valence-electron chi connectivity index (χ1n) is 8.93. The SMILES string of the molecule is CC(=O)c1cccc(OC(C)C(=O)Nc2ccc(Oc3ccccc3)cc2)c1. The lowest BCUT2D eigenvalue weighted by atomic mass is 10.1. The Hall–Kier alpha value is -3.60. The Morgan fingerprint density at radius 2 is 1.46 bits per heavy atom. The van der Waals surface area contributed by atoms with Crippen molar-refractivity contribution in [2.45, 2.75) is 20.0 Å². The highest BCUT2D eigenvalue weighted by atomic mass is 16.5. The van der Waals surface area contributed by atoms with Crippen molar-refractivity contribution >= 4 is 17.4 Å². The van der Waals surface area contributed by atoms with Crippen LogP contribution < -0.4 is 14.8 Å². The standard InChI is InChI=1S/C23H21NO4/c1-16(25)18-7-6-10-22(15-18)27-17(2)23(26)24-19-11-13-21(14-12-19)28-20-8-4-3-5-9-20/h3-15,17H,1-2H3,(H,24,26). The van der Waals surface area contributed by atoms with E-state index < -0.39 is 6.10 Å². The number of carbonyl (C=O) groups is 2. The minimum atomic E-state index is -0.720. The zero-order valence-corrected chi connectivity index (χ0v) is 15.7. The van der Waals surface area contributed by atoms with Gasteiger partial charge in [0.2, 0.25) is 0 Å². The number of nitrogens with one attached hydrogen (secondary N) is 1. The Morgan fingerprint density at radius 3 is 2.14 bits per heavy atom. The van der Waals surface area contributed by atoms with Crippen molar-refractivity contribution in [1.29, 1.82) is 0 Å². The van der Waals surface area contributed by atoms with Gasteiger partial charge in [0.15, 0.2) is 11.9 Å². The summed E-state index contributed by atoms with van der Waals surface area (Å²) in [6.07, 6.45) is -0.720. The lowest BCUT2D eigenvalue weighted by Crippen LogP contribution is -2.30. The third kappa shape index (κ3) is 5.20. The summed E-state index contributed by atoms with van der Waals surface area (Å²) in [5.41, 5.74) is 1.18. The average molecular weight is 375 g/mol. The van der Waals surface area contributed by atoms with Crippen molar-refractivity contribution in [2.24, 2.45) is 0 Å². The van der Waals surface area contributed by atoms with E-state index in [1.54, 1.807) is 55.5 Å². The number of Topliss-reactive ketones (excluding diaryl/α,β-unsaturated/α-hetero) is 1. The zero-order valence-electron chi connectivity index (χ0n) is 15.7. The molecule has 28 heavy (non-hydrogen) atoms. The van der Waals surface area contributed by atoms with Crippen LogP contribution in [-0.4, -0.2) is 17.8 Å². The highest BCUT2D eigenvalue weighted by molar-refractivity contribution is 5.95. The number of hydrogen-bond donors (Lipinski definition) is 1. The van der Waals surface area contributed by atoms with E-state index in [0.29, 0.717) is 22.7 Å². The molecule has 142 valence electrons. The second-order valence-electron chi connectivity index (χ2n) is 6.27. The summed E-state index contributed by atoms with van der Waals surface area (Å²) in [7, 11) is 0. The largest absolute Gasteiger partial charge is 0.481 e. The van der Waals surface area contributed by atoms with E-state index in [2.05, 4.69) is 5.32 Å². The third-order valence-corrected chi connectivity index (χ3v) is 4.02. The van der Waals surface area contributed by atoms with Crippen molar-refractivity contribution in [3.63, 3.8) is 0 Å². The summed E-state index contributed by atoms with van der Waals surface area (Å²) in [5.74, 6) is 1.55. The Kier molecular flexibility index (Phi) is 6.07.